The van der Waals surface area contributed by atoms with Crippen LogP contribution in [0.3, 0.4) is 0 Å². The maximum atomic E-state index is 12.3. The SMILES string of the molecule is O=C(NC1CC1)c1ccc(N2CCCN(Cc3ccccc3)CC2)c([N+](=O)[O-])c1. The van der Waals surface area contributed by atoms with Crippen molar-refractivity contribution >= 4 is 17.3 Å². The normalized spacial score (nSPS) is 17.6. The second-order valence-electron chi connectivity index (χ2n) is 7.81. The molecule has 1 aliphatic heterocycles. The van der Waals surface area contributed by atoms with E-state index in [1.807, 2.05) is 18.2 Å². The summed E-state index contributed by atoms with van der Waals surface area (Å²) in [5.74, 6) is -0.230. The van der Waals surface area contributed by atoms with Gasteiger partial charge >= 0.3 is 0 Å². The molecule has 0 aromatic heterocycles. The summed E-state index contributed by atoms with van der Waals surface area (Å²) in [6.07, 6.45) is 2.91. The molecule has 1 heterocycles. The van der Waals surface area contributed by atoms with Crippen LogP contribution in [0.4, 0.5) is 11.4 Å². The Hall–Kier alpha value is -2.93. The van der Waals surface area contributed by atoms with Crippen LogP contribution in [0.5, 0.6) is 0 Å². The van der Waals surface area contributed by atoms with E-state index in [1.165, 1.54) is 11.6 Å². The number of nitrogens with zero attached hydrogens (tertiary/aromatic N) is 3. The monoisotopic (exact) mass is 394 g/mol. The molecule has 0 bridgehead atoms. The molecule has 2 aromatic carbocycles. The molecule has 1 N–H and O–H groups in total. The van der Waals surface area contributed by atoms with E-state index in [4.69, 9.17) is 0 Å². The van der Waals surface area contributed by atoms with Gasteiger partial charge in [0.1, 0.15) is 5.69 Å². The number of nitrogens with one attached hydrogen (secondary N) is 1. The number of carbonyl (C=O) groups excluding carboxylic acids is 1. The fourth-order valence-corrected chi connectivity index (χ4v) is 3.79. The van der Waals surface area contributed by atoms with Crippen LogP contribution < -0.4 is 10.2 Å². The highest BCUT2D eigenvalue weighted by molar-refractivity contribution is 5.96. The van der Waals surface area contributed by atoms with Crippen molar-refractivity contribution in [3.63, 3.8) is 0 Å². The first-order valence-electron chi connectivity index (χ1n) is 10.2. The molecule has 7 nitrogen and oxygen atoms in total. The van der Waals surface area contributed by atoms with Gasteiger partial charge in [0.25, 0.3) is 11.6 Å². The number of amides is 1. The standard InChI is InChI=1S/C22H26N4O3/c27-22(23-19-8-9-19)18-7-10-20(21(15-18)26(28)29)25-12-4-11-24(13-14-25)16-17-5-2-1-3-6-17/h1-3,5-7,10,15,19H,4,8-9,11-14,16H2,(H,23,27). The molecule has 2 aliphatic rings. The summed E-state index contributed by atoms with van der Waals surface area (Å²) in [6, 6.07) is 15.4. The largest absolute Gasteiger partial charge is 0.365 e. The molecule has 0 unspecified atom stereocenters. The minimum Gasteiger partial charge on any atom is -0.365 e. The maximum Gasteiger partial charge on any atom is 0.293 e. The molecule has 0 radical (unpaired) electrons. The second kappa shape index (κ2) is 8.61. The Morgan fingerprint density at radius 1 is 1.07 bits per heavy atom. The molecular weight excluding hydrogens is 368 g/mol. The van der Waals surface area contributed by atoms with Crippen molar-refractivity contribution in [2.75, 3.05) is 31.1 Å². The molecule has 0 spiro atoms. The van der Waals surface area contributed by atoms with Gasteiger partial charge in [-0.1, -0.05) is 30.3 Å². The van der Waals surface area contributed by atoms with E-state index in [-0.39, 0.29) is 22.6 Å². The number of benzene rings is 2. The molecule has 1 aliphatic carbocycles. The number of hydrogen-bond acceptors (Lipinski definition) is 5. The molecule has 7 heteroatoms. The van der Waals surface area contributed by atoms with Crippen LogP contribution >= 0.6 is 0 Å². The van der Waals surface area contributed by atoms with Gasteiger partial charge in [-0.3, -0.25) is 19.8 Å². The highest BCUT2D eigenvalue weighted by Gasteiger charge is 2.27. The molecule has 4 rings (SSSR count). The molecule has 152 valence electrons. The van der Waals surface area contributed by atoms with Crippen LogP contribution in [0.1, 0.15) is 35.2 Å². The second-order valence-corrected chi connectivity index (χ2v) is 7.81. The third-order valence-electron chi connectivity index (χ3n) is 5.53. The third kappa shape index (κ3) is 4.92. The molecule has 2 fully saturated rings. The van der Waals surface area contributed by atoms with Crippen molar-refractivity contribution in [3.8, 4) is 0 Å². The van der Waals surface area contributed by atoms with Crippen LogP contribution in [-0.2, 0) is 6.54 Å². The molecular formula is C22H26N4O3. The summed E-state index contributed by atoms with van der Waals surface area (Å²) in [5, 5.41) is 14.6. The third-order valence-corrected chi connectivity index (χ3v) is 5.53. The van der Waals surface area contributed by atoms with E-state index < -0.39 is 0 Å². The van der Waals surface area contributed by atoms with Gasteiger partial charge in [-0.2, -0.15) is 0 Å². The van der Waals surface area contributed by atoms with E-state index in [9.17, 15) is 14.9 Å². The zero-order chi connectivity index (χ0) is 20.2. The zero-order valence-electron chi connectivity index (χ0n) is 16.4. The minimum atomic E-state index is -0.379. The lowest BCUT2D eigenvalue weighted by Gasteiger charge is -2.23. The van der Waals surface area contributed by atoms with Crippen molar-refractivity contribution in [1.82, 2.24) is 10.2 Å². The lowest BCUT2D eigenvalue weighted by molar-refractivity contribution is -0.384. The number of hydrogen-bond donors (Lipinski definition) is 1. The topological polar surface area (TPSA) is 78.7 Å². The fourth-order valence-electron chi connectivity index (χ4n) is 3.79. The first kappa shape index (κ1) is 19.4. The number of anilines is 1. The predicted octanol–water partition coefficient (Wildman–Crippen LogP) is 3.20. The lowest BCUT2D eigenvalue weighted by Crippen LogP contribution is -2.31. The van der Waals surface area contributed by atoms with Gasteiger partial charge in [0.15, 0.2) is 0 Å². The van der Waals surface area contributed by atoms with Crippen LogP contribution in [0.2, 0.25) is 0 Å². The highest BCUT2D eigenvalue weighted by Crippen LogP contribution is 2.30. The van der Waals surface area contributed by atoms with E-state index in [1.54, 1.807) is 12.1 Å². The van der Waals surface area contributed by atoms with Crippen LogP contribution in [0.25, 0.3) is 0 Å². The Bertz CT molecular complexity index is 883. The minimum absolute atomic E-state index is 0.00459. The van der Waals surface area contributed by atoms with Crippen molar-refractivity contribution in [3.05, 3.63) is 69.8 Å². The summed E-state index contributed by atoms with van der Waals surface area (Å²) < 4.78 is 0. The molecule has 1 saturated carbocycles. The highest BCUT2D eigenvalue weighted by atomic mass is 16.6. The van der Waals surface area contributed by atoms with Crippen molar-refractivity contribution in [2.24, 2.45) is 0 Å². The summed E-state index contributed by atoms with van der Waals surface area (Å²) in [4.78, 5) is 28.1. The fraction of sp³-hybridized carbons (Fsp3) is 0.409. The van der Waals surface area contributed by atoms with Gasteiger partial charge < -0.3 is 10.2 Å². The molecule has 29 heavy (non-hydrogen) atoms. The van der Waals surface area contributed by atoms with Gasteiger partial charge in [-0.25, -0.2) is 0 Å². The number of carbonyl (C=O) groups is 1. The summed E-state index contributed by atoms with van der Waals surface area (Å²) in [5.41, 5.74) is 2.23. The smallest absolute Gasteiger partial charge is 0.293 e. The maximum absolute atomic E-state index is 12.3. The quantitative estimate of drug-likeness (QED) is 0.601. The van der Waals surface area contributed by atoms with Gasteiger partial charge in [0, 0.05) is 50.4 Å². The summed E-state index contributed by atoms with van der Waals surface area (Å²) in [6.45, 7) is 4.18. The Kier molecular flexibility index (Phi) is 5.76. The zero-order valence-corrected chi connectivity index (χ0v) is 16.4. The van der Waals surface area contributed by atoms with Crippen molar-refractivity contribution < 1.29 is 9.72 Å². The summed E-state index contributed by atoms with van der Waals surface area (Å²) >= 11 is 0. The molecule has 1 saturated heterocycles. The molecule has 1 amide bonds. The Labute approximate surface area is 170 Å². The summed E-state index contributed by atoms with van der Waals surface area (Å²) in [7, 11) is 0. The van der Waals surface area contributed by atoms with Crippen molar-refractivity contribution in [1.29, 1.82) is 0 Å². The Balaban J connectivity index is 1.46. The average Bonchev–Trinajstić information content (AvgIpc) is 3.56. The Morgan fingerprint density at radius 3 is 2.59 bits per heavy atom. The van der Waals surface area contributed by atoms with E-state index in [2.05, 4.69) is 27.2 Å². The van der Waals surface area contributed by atoms with Crippen molar-refractivity contribution in [2.45, 2.75) is 31.8 Å². The molecule has 0 atom stereocenters. The first-order chi connectivity index (χ1) is 14.1. The van der Waals surface area contributed by atoms with Crippen LogP contribution in [0, 0.1) is 10.1 Å². The number of nitro groups is 1. The van der Waals surface area contributed by atoms with E-state index in [0.717, 1.165) is 52.0 Å². The van der Waals surface area contributed by atoms with E-state index >= 15 is 0 Å². The lowest BCUT2D eigenvalue weighted by atomic mass is 10.1. The first-order valence-corrected chi connectivity index (χ1v) is 10.2. The van der Waals surface area contributed by atoms with Crippen LogP contribution in [-0.4, -0.2) is 48.0 Å². The van der Waals surface area contributed by atoms with Gasteiger partial charge in [0.2, 0.25) is 0 Å². The van der Waals surface area contributed by atoms with Gasteiger partial charge in [-0.15, -0.1) is 0 Å². The average molecular weight is 394 g/mol. The molecule has 2 aromatic rings. The van der Waals surface area contributed by atoms with E-state index in [0.29, 0.717) is 11.3 Å². The predicted molar refractivity (Wildman–Crippen MR) is 112 cm³/mol. The number of rotatable bonds is 6. The Morgan fingerprint density at radius 2 is 1.86 bits per heavy atom. The van der Waals surface area contributed by atoms with Gasteiger partial charge in [-0.05, 0) is 37.0 Å². The van der Waals surface area contributed by atoms with Gasteiger partial charge in [0.05, 0.1) is 4.92 Å². The van der Waals surface area contributed by atoms with Crippen LogP contribution in [0.15, 0.2) is 48.5 Å². The number of nitro benzene ring substituents is 1.